The summed E-state index contributed by atoms with van der Waals surface area (Å²) in [6.45, 7) is 3.20. The molecule has 0 radical (unpaired) electrons. The van der Waals surface area contributed by atoms with Gasteiger partial charge >= 0.3 is 0 Å². The summed E-state index contributed by atoms with van der Waals surface area (Å²) in [5.41, 5.74) is 1.46. The van der Waals surface area contributed by atoms with Crippen molar-refractivity contribution in [2.45, 2.75) is 18.7 Å². The van der Waals surface area contributed by atoms with E-state index in [2.05, 4.69) is 20.2 Å². The number of nitrogens with zero attached hydrogens (tertiary/aromatic N) is 1. The maximum Gasteiger partial charge on any atom is 0.265 e. The number of amides is 1. The Kier molecular flexibility index (Phi) is 5.97. The third-order valence-corrected chi connectivity index (χ3v) is 6.03. The molecule has 0 saturated heterocycles. The van der Waals surface area contributed by atoms with Gasteiger partial charge in [0.05, 0.1) is 42.5 Å². The highest BCUT2D eigenvalue weighted by Gasteiger charge is 2.24. The van der Waals surface area contributed by atoms with Crippen LogP contribution in [0.2, 0.25) is 0 Å². The van der Waals surface area contributed by atoms with Crippen molar-refractivity contribution >= 4 is 27.3 Å². The molecule has 3 N–H and O–H groups in total. The van der Waals surface area contributed by atoms with Crippen LogP contribution in [0.25, 0.3) is 0 Å². The van der Waals surface area contributed by atoms with Crippen LogP contribution in [0, 0.1) is 13.8 Å². The van der Waals surface area contributed by atoms with Crippen molar-refractivity contribution in [3.05, 3.63) is 59.4 Å². The first-order valence-electron chi connectivity index (χ1n) is 8.93. The van der Waals surface area contributed by atoms with E-state index in [4.69, 9.17) is 9.47 Å². The molecule has 9 nitrogen and oxygen atoms in total. The molecule has 3 aromatic rings. The van der Waals surface area contributed by atoms with E-state index in [9.17, 15) is 13.2 Å². The van der Waals surface area contributed by atoms with E-state index in [1.54, 1.807) is 44.2 Å². The number of sulfonamides is 1. The van der Waals surface area contributed by atoms with E-state index in [0.29, 0.717) is 28.6 Å². The summed E-state index contributed by atoms with van der Waals surface area (Å²) in [4.78, 5) is 13.0. The largest absolute Gasteiger partial charge is 0.497 e. The molecular weight excluding hydrogens is 408 g/mol. The summed E-state index contributed by atoms with van der Waals surface area (Å²) < 4.78 is 38.7. The minimum absolute atomic E-state index is 0.0505. The van der Waals surface area contributed by atoms with E-state index in [1.807, 2.05) is 0 Å². The van der Waals surface area contributed by atoms with E-state index in [-0.39, 0.29) is 16.1 Å². The lowest BCUT2D eigenvalue weighted by Crippen LogP contribution is -2.19. The Morgan fingerprint density at radius 1 is 1.03 bits per heavy atom. The number of nitrogens with one attached hydrogen (secondary N) is 3. The first kappa shape index (κ1) is 21.2. The van der Waals surface area contributed by atoms with Crippen molar-refractivity contribution < 1.29 is 22.7 Å². The monoisotopic (exact) mass is 430 g/mol. The van der Waals surface area contributed by atoms with Gasteiger partial charge in [-0.2, -0.15) is 5.10 Å². The summed E-state index contributed by atoms with van der Waals surface area (Å²) in [5, 5.41) is 9.31. The SMILES string of the molecule is COc1ccc(NC(=O)c2ccccc2NS(=O)(=O)c2c(C)n[nH]c2C)c(OC)c1. The van der Waals surface area contributed by atoms with Crippen LogP contribution in [0.4, 0.5) is 11.4 Å². The second-order valence-corrected chi connectivity index (χ2v) is 8.05. The number of benzene rings is 2. The van der Waals surface area contributed by atoms with Gasteiger partial charge in [-0.15, -0.1) is 0 Å². The van der Waals surface area contributed by atoms with Gasteiger partial charge in [-0.3, -0.25) is 14.6 Å². The minimum Gasteiger partial charge on any atom is -0.497 e. The van der Waals surface area contributed by atoms with Crippen LogP contribution in [0.3, 0.4) is 0 Å². The number of carbonyl (C=O) groups excluding carboxylic acids is 1. The summed E-state index contributed by atoms with van der Waals surface area (Å²) in [6, 6.07) is 11.3. The van der Waals surface area contributed by atoms with Crippen molar-refractivity contribution in [2.75, 3.05) is 24.3 Å². The molecule has 1 amide bonds. The number of rotatable bonds is 7. The molecule has 0 aliphatic rings. The fourth-order valence-corrected chi connectivity index (χ4v) is 4.45. The molecule has 30 heavy (non-hydrogen) atoms. The Balaban J connectivity index is 1.91. The highest BCUT2D eigenvalue weighted by Crippen LogP contribution is 2.30. The van der Waals surface area contributed by atoms with E-state index < -0.39 is 15.9 Å². The normalized spacial score (nSPS) is 11.1. The van der Waals surface area contributed by atoms with E-state index in [1.165, 1.54) is 26.4 Å². The van der Waals surface area contributed by atoms with Gasteiger partial charge in [0.15, 0.2) is 0 Å². The van der Waals surface area contributed by atoms with Gasteiger partial charge in [0.2, 0.25) is 0 Å². The lowest BCUT2D eigenvalue weighted by atomic mass is 10.1. The molecule has 3 rings (SSSR count). The van der Waals surface area contributed by atoms with Crippen molar-refractivity contribution in [3.63, 3.8) is 0 Å². The average molecular weight is 430 g/mol. The molecule has 1 heterocycles. The van der Waals surface area contributed by atoms with Crippen molar-refractivity contribution in [1.29, 1.82) is 0 Å². The van der Waals surface area contributed by atoms with Crippen LogP contribution in [0.1, 0.15) is 21.7 Å². The Hall–Kier alpha value is -3.53. The Labute approximate surface area is 174 Å². The van der Waals surface area contributed by atoms with Crippen LogP contribution in [-0.4, -0.2) is 38.7 Å². The number of aryl methyl sites for hydroxylation is 2. The number of anilines is 2. The number of hydrogen-bond donors (Lipinski definition) is 3. The van der Waals surface area contributed by atoms with Gasteiger partial charge in [0.25, 0.3) is 15.9 Å². The van der Waals surface area contributed by atoms with Gasteiger partial charge in [0.1, 0.15) is 16.4 Å². The number of para-hydroxylation sites is 1. The first-order valence-corrected chi connectivity index (χ1v) is 10.4. The molecule has 0 fully saturated rings. The zero-order chi connectivity index (χ0) is 21.9. The standard InChI is InChI=1S/C20H22N4O5S/c1-12-19(13(2)23-22-12)30(26,27)24-16-8-6-5-7-15(16)20(25)21-17-10-9-14(28-3)11-18(17)29-4/h5-11,24H,1-4H3,(H,21,25)(H,22,23). The Morgan fingerprint density at radius 3 is 2.40 bits per heavy atom. The van der Waals surface area contributed by atoms with Gasteiger partial charge in [-0.05, 0) is 38.1 Å². The zero-order valence-corrected chi connectivity index (χ0v) is 17.8. The fraction of sp³-hybridized carbons (Fsp3) is 0.200. The van der Waals surface area contributed by atoms with Crippen molar-refractivity contribution in [2.24, 2.45) is 0 Å². The quantitative estimate of drug-likeness (QED) is 0.529. The average Bonchev–Trinajstić information content (AvgIpc) is 3.07. The summed E-state index contributed by atoms with van der Waals surface area (Å²) >= 11 is 0. The van der Waals surface area contributed by atoms with Gasteiger partial charge in [-0.25, -0.2) is 8.42 Å². The molecule has 0 saturated carbocycles. The fourth-order valence-electron chi connectivity index (χ4n) is 2.99. The third-order valence-electron chi connectivity index (χ3n) is 4.40. The van der Waals surface area contributed by atoms with E-state index >= 15 is 0 Å². The van der Waals surface area contributed by atoms with Crippen LogP contribution < -0.4 is 19.5 Å². The molecule has 0 unspecified atom stereocenters. The molecular formula is C20H22N4O5S. The molecule has 0 spiro atoms. The molecule has 0 bridgehead atoms. The highest BCUT2D eigenvalue weighted by molar-refractivity contribution is 7.92. The van der Waals surface area contributed by atoms with Gasteiger partial charge in [-0.1, -0.05) is 12.1 Å². The molecule has 1 aromatic heterocycles. The van der Waals surface area contributed by atoms with Crippen LogP contribution in [0.15, 0.2) is 47.4 Å². The summed E-state index contributed by atoms with van der Waals surface area (Å²) in [6.07, 6.45) is 0. The number of ether oxygens (including phenoxy) is 2. The molecule has 0 aliphatic heterocycles. The lowest BCUT2D eigenvalue weighted by molar-refractivity contribution is 0.102. The van der Waals surface area contributed by atoms with Crippen LogP contribution in [0.5, 0.6) is 11.5 Å². The van der Waals surface area contributed by atoms with Crippen LogP contribution in [-0.2, 0) is 10.0 Å². The Morgan fingerprint density at radius 2 is 1.77 bits per heavy atom. The summed E-state index contributed by atoms with van der Waals surface area (Å²) in [5.74, 6) is 0.478. The smallest absolute Gasteiger partial charge is 0.265 e. The predicted octanol–water partition coefficient (Wildman–Crippen LogP) is 3.10. The zero-order valence-electron chi connectivity index (χ0n) is 16.9. The number of hydrogen-bond acceptors (Lipinski definition) is 6. The molecule has 158 valence electrons. The third kappa shape index (κ3) is 4.23. The van der Waals surface area contributed by atoms with Crippen LogP contribution >= 0.6 is 0 Å². The summed E-state index contributed by atoms with van der Waals surface area (Å²) in [7, 11) is -0.946. The lowest BCUT2D eigenvalue weighted by Gasteiger charge is -2.15. The number of methoxy groups -OCH3 is 2. The van der Waals surface area contributed by atoms with Crippen molar-refractivity contribution in [1.82, 2.24) is 10.2 Å². The first-order chi connectivity index (χ1) is 14.3. The molecule has 0 aliphatic carbocycles. The van der Waals surface area contributed by atoms with Gasteiger partial charge < -0.3 is 14.8 Å². The molecule has 2 aromatic carbocycles. The maximum atomic E-state index is 12.9. The Bertz CT molecular complexity index is 1170. The maximum absolute atomic E-state index is 12.9. The second-order valence-electron chi connectivity index (χ2n) is 6.43. The van der Waals surface area contributed by atoms with Crippen molar-refractivity contribution in [3.8, 4) is 11.5 Å². The predicted molar refractivity (Wildman–Crippen MR) is 113 cm³/mol. The molecule has 0 atom stereocenters. The number of aromatic nitrogens is 2. The number of H-pyrrole nitrogens is 1. The van der Waals surface area contributed by atoms with Gasteiger partial charge in [0, 0.05) is 6.07 Å². The number of carbonyl (C=O) groups is 1. The number of aromatic amines is 1. The minimum atomic E-state index is -3.95. The topological polar surface area (TPSA) is 122 Å². The molecule has 10 heteroatoms. The highest BCUT2D eigenvalue weighted by atomic mass is 32.2. The second kappa shape index (κ2) is 8.46. The van der Waals surface area contributed by atoms with E-state index in [0.717, 1.165) is 0 Å².